The van der Waals surface area contributed by atoms with Crippen molar-refractivity contribution in [2.45, 2.75) is 58.0 Å². The molecule has 0 radical (unpaired) electrons. The maximum atomic E-state index is 11.0. The zero-order valence-electron chi connectivity index (χ0n) is 22.7. The summed E-state index contributed by atoms with van der Waals surface area (Å²) in [5.41, 5.74) is 4.51. The fraction of sp³-hybridized carbons (Fsp3) is 0.517. The molecule has 1 saturated carbocycles. The summed E-state index contributed by atoms with van der Waals surface area (Å²) in [5, 5.41) is 23.7. The molecule has 0 bridgehead atoms. The van der Waals surface area contributed by atoms with E-state index in [0.717, 1.165) is 53.0 Å². The van der Waals surface area contributed by atoms with Crippen LogP contribution in [0.4, 0.5) is 0 Å². The van der Waals surface area contributed by atoms with Gasteiger partial charge in [0.05, 0.1) is 13.0 Å². The standard InChI is InChI=1S/C29H36N4O6/c1-4-18-10-20(9-17(2)26(18)38-16-23(34)15-33-13-22(14-33)29(35)36)27-31-28(39-32-27)21-11-24(19-7-5-6-8-19)30-25(12-21)37-3/h9-12,19,22-23,34H,4-8,13-16H2,1-3H3,(H,35,36)/t23-/m0/s1. The highest BCUT2D eigenvalue weighted by molar-refractivity contribution is 5.71. The van der Waals surface area contributed by atoms with Crippen LogP contribution in [0, 0.1) is 12.8 Å². The molecule has 39 heavy (non-hydrogen) atoms. The van der Waals surface area contributed by atoms with E-state index in [0.29, 0.717) is 43.1 Å². The van der Waals surface area contributed by atoms with Crippen LogP contribution in [0.5, 0.6) is 11.6 Å². The van der Waals surface area contributed by atoms with Crippen molar-refractivity contribution < 1.29 is 29.0 Å². The lowest BCUT2D eigenvalue weighted by atomic mass is 10.0. The topological polar surface area (TPSA) is 131 Å². The number of β-amino-alcohol motifs (C(OH)–C–C–N with tert-alkyl or cyclic N) is 1. The number of aliphatic hydroxyl groups excluding tert-OH is 1. The molecule has 208 valence electrons. The smallest absolute Gasteiger partial charge is 0.309 e. The Morgan fingerprint density at radius 2 is 1.92 bits per heavy atom. The molecule has 0 unspecified atom stereocenters. The third-order valence-electron chi connectivity index (χ3n) is 7.66. The predicted molar refractivity (Wildman–Crippen MR) is 144 cm³/mol. The van der Waals surface area contributed by atoms with Crippen molar-refractivity contribution in [1.29, 1.82) is 0 Å². The molecule has 2 aromatic heterocycles. The van der Waals surface area contributed by atoms with E-state index in [2.05, 4.69) is 10.1 Å². The van der Waals surface area contributed by atoms with Gasteiger partial charge in [0, 0.05) is 48.4 Å². The first-order valence-corrected chi connectivity index (χ1v) is 13.6. The molecule has 1 aliphatic heterocycles. The van der Waals surface area contributed by atoms with Gasteiger partial charge in [0.2, 0.25) is 11.7 Å². The van der Waals surface area contributed by atoms with Crippen molar-refractivity contribution in [3.05, 3.63) is 41.1 Å². The van der Waals surface area contributed by atoms with Gasteiger partial charge in [0.1, 0.15) is 18.5 Å². The van der Waals surface area contributed by atoms with E-state index in [1.54, 1.807) is 7.11 Å². The Hall–Kier alpha value is -3.50. The number of rotatable bonds is 11. The van der Waals surface area contributed by atoms with E-state index in [1.165, 1.54) is 12.8 Å². The molecule has 5 rings (SSSR count). The summed E-state index contributed by atoms with van der Waals surface area (Å²) >= 11 is 0. The van der Waals surface area contributed by atoms with E-state index < -0.39 is 12.1 Å². The van der Waals surface area contributed by atoms with Crippen LogP contribution in [-0.2, 0) is 11.2 Å². The average Bonchev–Trinajstić information content (AvgIpc) is 3.62. The number of aliphatic hydroxyl groups is 1. The zero-order valence-corrected chi connectivity index (χ0v) is 22.7. The maximum Gasteiger partial charge on any atom is 0.309 e. The molecular formula is C29H36N4O6. The van der Waals surface area contributed by atoms with E-state index in [4.69, 9.17) is 24.1 Å². The first-order chi connectivity index (χ1) is 18.8. The summed E-state index contributed by atoms with van der Waals surface area (Å²) in [6.45, 7) is 5.43. The minimum absolute atomic E-state index is 0.126. The molecule has 2 aliphatic rings. The largest absolute Gasteiger partial charge is 0.490 e. The number of aliphatic carboxylic acids is 1. The van der Waals surface area contributed by atoms with Gasteiger partial charge >= 0.3 is 5.97 Å². The molecule has 0 amide bonds. The van der Waals surface area contributed by atoms with Crippen molar-refractivity contribution >= 4 is 5.97 Å². The fourth-order valence-corrected chi connectivity index (χ4v) is 5.49. The summed E-state index contributed by atoms with van der Waals surface area (Å²) < 4.78 is 17.2. The van der Waals surface area contributed by atoms with Crippen LogP contribution < -0.4 is 9.47 Å². The van der Waals surface area contributed by atoms with Gasteiger partial charge < -0.3 is 24.2 Å². The van der Waals surface area contributed by atoms with E-state index >= 15 is 0 Å². The number of methoxy groups -OCH3 is 1. The highest BCUT2D eigenvalue weighted by Crippen LogP contribution is 2.36. The number of aryl methyl sites for hydroxylation is 2. The number of likely N-dealkylation sites (tertiary alicyclic amines) is 1. The van der Waals surface area contributed by atoms with Crippen molar-refractivity contribution in [3.63, 3.8) is 0 Å². The summed E-state index contributed by atoms with van der Waals surface area (Å²) in [5.74, 6) is 1.46. The number of ether oxygens (including phenoxy) is 2. The van der Waals surface area contributed by atoms with Crippen LogP contribution in [0.1, 0.15) is 55.3 Å². The predicted octanol–water partition coefficient (Wildman–Crippen LogP) is 4.09. The van der Waals surface area contributed by atoms with Gasteiger partial charge in [-0.25, -0.2) is 4.98 Å². The Kier molecular flexibility index (Phi) is 8.13. The van der Waals surface area contributed by atoms with E-state index in [9.17, 15) is 9.90 Å². The number of benzene rings is 1. The van der Waals surface area contributed by atoms with Gasteiger partial charge in [0.15, 0.2) is 0 Å². The highest BCUT2D eigenvalue weighted by atomic mass is 16.5. The minimum Gasteiger partial charge on any atom is -0.490 e. The molecule has 3 aromatic rings. The van der Waals surface area contributed by atoms with E-state index in [-0.39, 0.29) is 12.5 Å². The first kappa shape index (κ1) is 27.1. The molecule has 1 saturated heterocycles. The Morgan fingerprint density at radius 3 is 2.62 bits per heavy atom. The lowest BCUT2D eigenvalue weighted by Crippen LogP contribution is -2.53. The molecule has 0 spiro atoms. The van der Waals surface area contributed by atoms with Crippen molar-refractivity contribution in [3.8, 4) is 34.5 Å². The van der Waals surface area contributed by atoms with Crippen LogP contribution in [0.2, 0.25) is 0 Å². The zero-order chi connectivity index (χ0) is 27.5. The van der Waals surface area contributed by atoms with Gasteiger partial charge in [-0.1, -0.05) is 24.9 Å². The number of pyridine rings is 1. The average molecular weight is 537 g/mol. The van der Waals surface area contributed by atoms with Crippen LogP contribution in [-0.4, -0.2) is 75.7 Å². The molecule has 2 fully saturated rings. The lowest BCUT2D eigenvalue weighted by Gasteiger charge is -2.37. The van der Waals surface area contributed by atoms with Crippen molar-refractivity contribution in [2.24, 2.45) is 5.92 Å². The Morgan fingerprint density at radius 1 is 1.15 bits per heavy atom. The third kappa shape index (κ3) is 6.07. The molecule has 1 aliphatic carbocycles. The van der Waals surface area contributed by atoms with Crippen LogP contribution in [0.15, 0.2) is 28.8 Å². The number of hydrogen-bond acceptors (Lipinski definition) is 9. The number of nitrogens with zero attached hydrogens (tertiary/aromatic N) is 4. The number of carbonyl (C=O) groups is 1. The monoisotopic (exact) mass is 536 g/mol. The second-order valence-electron chi connectivity index (χ2n) is 10.6. The molecule has 1 atom stereocenters. The van der Waals surface area contributed by atoms with Crippen LogP contribution >= 0.6 is 0 Å². The fourth-order valence-electron chi connectivity index (χ4n) is 5.49. The second-order valence-corrected chi connectivity index (χ2v) is 10.6. The lowest BCUT2D eigenvalue weighted by molar-refractivity contribution is -0.148. The Balaban J connectivity index is 1.29. The van der Waals surface area contributed by atoms with Crippen LogP contribution in [0.25, 0.3) is 22.8 Å². The molecule has 10 heteroatoms. The first-order valence-electron chi connectivity index (χ1n) is 13.6. The normalized spacial score (nSPS) is 17.2. The number of carboxylic acid groups (broad SMARTS) is 1. The summed E-state index contributed by atoms with van der Waals surface area (Å²) in [4.78, 5) is 22.3. The van der Waals surface area contributed by atoms with Gasteiger partial charge in [0.25, 0.3) is 5.89 Å². The molecular weight excluding hydrogens is 500 g/mol. The third-order valence-corrected chi connectivity index (χ3v) is 7.66. The Labute approximate surface area is 228 Å². The Bertz CT molecular complexity index is 1310. The quantitative estimate of drug-likeness (QED) is 0.369. The minimum atomic E-state index is -0.789. The van der Waals surface area contributed by atoms with Gasteiger partial charge in [-0.3, -0.25) is 9.69 Å². The molecule has 1 aromatic carbocycles. The number of hydrogen-bond donors (Lipinski definition) is 2. The molecule has 3 heterocycles. The summed E-state index contributed by atoms with van der Waals surface area (Å²) in [7, 11) is 1.61. The van der Waals surface area contributed by atoms with Gasteiger partial charge in [-0.15, -0.1) is 0 Å². The second kappa shape index (κ2) is 11.7. The highest BCUT2D eigenvalue weighted by Gasteiger charge is 2.33. The SMILES string of the molecule is CCc1cc(-c2noc(-c3cc(OC)nc(C4CCCC4)c3)n2)cc(C)c1OC[C@@H](O)CN1CC(C(=O)O)C1. The number of carboxylic acids is 1. The molecule has 10 nitrogen and oxygen atoms in total. The van der Waals surface area contributed by atoms with E-state index in [1.807, 2.05) is 43.0 Å². The molecule has 2 N–H and O–H groups in total. The van der Waals surface area contributed by atoms with Crippen molar-refractivity contribution in [2.75, 3.05) is 33.4 Å². The van der Waals surface area contributed by atoms with Gasteiger partial charge in [-0.05, 0) is 55.5 Å². The maximum absolute atomic E-state index is 11.0. The number of aromatic nitrogens is 3. The van der Waals surface area contributed by atoms with Gasteiger partial charge in [-0.2, -0.15) is 4.98 Å². The van der Waals surface area contributed by atoms with Crippen LogP contribution in [0.3, 0.4) is 0 Å². The summed E-state index contributed by atoms with van der Waals surface area (Å²) in [6, 6.07) is 7.80. The summed E-state index contributed by atoms with van der Waals surface area (Å²) in [6.07, 6.45) is 4.70. The van der Waals surface area contributed by atoms with Crippen molar-refractivity contribution in [1.82, 2.24) is 20.0 Å².